The van der Waals surface area contributed by atoms with Crippen LogP contribution in [-0.4, -0.2) is 16.0 Å². The second-order valence-corrected chi connectivity index (χ2v) is 27.6. The zero-order chi connectivity index (χ0) is 68.9. The number of aryl methyl sites for hydroxylation is 8. The molecular formula is C94H92N6+2. The smallest absolute Gasteiger partial charge is 0.212 e. The normalized spacial score (nSPS) is 11.8. The van der Waals surface area contributed by atoms with Gasteiger partial charge in [-0.2, -0.15) is 4.58 Å². The van der Waals surface area contributed by atoms with Gasteiger partial charge in [-0.25, -0.2) is 4.58 Å². The summed E-state index contributed by atoms with van der Waals surface area (Å²) in [6, 6.07) is 109. The molecule has 0 atom stereocenters. The lowest BCUT2D eigenvalue weighted by Crippen LogP contribution is -2.23. The van der Waals surface area contributed by atoms with Gasteiger partial charge in [-0.05, 0) is 162 Å². The van der Waals surface area contributed by atoms with Gasteiger partial charge in [0.05, 0.1) is 0 Å². The predicted molar refractivity (Wildman–Crippen MR) is 424 cm³/mol. The summed E-state index contributed by atoms with van der Waals surface area (Å²) in [4.78, 5) is 9.89. The van der Waals surface area contributed by atoms with E-state index >= 15 is 0 Å². The number of anilines is 6. The summed E-state index contributed by atoms with van der Waals surface area (Å²) in [6.07, 6.45) is 9.21. The first-order valence-electron chi connectivity index (χ1n) is 35.3. The molecule has 0 aliphatic heterocycles. The number of benzene rings is 12. The van der Waals surface area contributed by atoms with Gasteiger partial charge in [-0.1, -0.05) is 239 Å². The third-order valence-corrected chi connectivity index (χ3v) is 19.2. The highest BCUT2D eigenvalue weighted by Gasteiger charge is 2.25. The first-order valence-corrected chi connectivity index (χ1v) is 35.3. The van der Waals surface area contributed by atoms with Crippen molar-refractivity contribution in [3.63, 3.8) is 0 Å². The first-order chi connectivity index (χ1) is 48.7. The molecule has 0 spiro atoms. The number of allylic oxidation sites excluding steroid dienone is 4. The average molecular weight is 1310 g/mol. The van der Waals surface area contributed by atoms with Gasteiger partial charge in [-0.3, -0.25) is 0 Å². The monoisotopic (exact) mass is 1300 g/mol. The molecule has 0 saturated carbocycles. The van der Waals surface area contributed by atoms with Crippen molar-refractivity contribution in [3.05, 3.63) is 405 Å². The highest BCUT2D eigenvalue weighted by atomic mass is 15.2. The van der Waals surface area contributed by atoms with Crippen molar-refractivity contribution in [2.45, 2.75) is 108 Å². The van der Waals surface area contributed by atoms with E-state index in [0.29, 0.717) is 0 Å². The standard InChI is InChI=1S/C94H92N6/c1-69-9-25-77(26-10-69)61-95(62-78-27-11-70(2)12-28-78)85-41-49-89(50-42-85)99(90-51-43-86(44-52-90)96(63-79-29-13-71(3)14-30-79)64-80-31-15-72(4)16-32-80)93-57-59-94(60-58-93)100(91-53-45-87(46-54-91)97(65-81-33-17-73(5)18-34-81)66-82-35-19-74(6)20-36-82)92-55-47-88(48-56-92)98(67-83-37-21-75(7)22-38-83)68-84-39-23-76(8)24-40-84/h9-60H,61-68H2,1-8H3/q+2. The van der Waals surface area contributed by atoms with Crippen molar-refractivity contribution in [1.29, 1.82) is 0 Å². The van der Waals surface area contributed by atoms with E-state index < -0.39 is 0 Å². The molecule has 0 saturated heterocycles. The van der Waals surface area contributed by atoms with Gasteiger partial charge < -0.3 is 19.6 Å². The largest absolute Gasteiger partial charge is 0.363 e. The lowest BCUT2D eigenvalue weighted by molar-refractivity contribution is -0.558. The summed E-state index contributed by atoms with van der Waals surface area (Å²) in [5, 5.41) is 0. The lowest BCUT2D eigenvalue weighted by atomic mass is 10.1. The van der Waals surface area contributed by atoms with E-state index in [1.807, 2.05) is 0 Å². The van der Waals surface area contributed by atoms with Gasteiger partial charge in [0.15, 0.2) is 13.1 Å². The molecule has 0 heterocycles. The van der Waals surface area contributed by atoms with E-state index in [0.717, 1.165) is 109 Å². The maximum absolute atomic E-state index is 2.49. The van der Waals surface area contributed by atoms with E-state index in [4.69, 9.17) is 0 Å². The fourth-order valence-corrected chi connectivity index (χ4v) is 13.2. The van der Waals surface area contributed by atoms with Crippen LogP contribution in [0.2, 0.25) is 0 Å². The van der Waals surface area contributed by atoms with Crippen LogP contribution in [0.4, 0.5) is 45.5 Å². The Morgan fingerprint density at radius 2 is 0.390 bits per heavy atom. The van der Waals surface area contributed by atoms with Crippen LogP contribution in [0.25, 0.3) is 0 Å². The van der Waals surface area contributed by atoms with Crippen molar-refractivity contribution >= 4 is 56.9 Å². The van der Waals surface area contributed by atoms with Crippen LogP contribution in [0.1, 0.15) is 89.0 Å². The fourth-order valence-electron chi connectivity index (χ4n) is 13.2. The summed E-state index contributed by atoms with van der Waals surface area (Å²) >= 11 is 0. The molecule has 100 heavy (non-hydrogen) atoms. The Hall–Kier alpha value is -11.3. The molecule has 6 nitrogen and oxygen atoms in total. The minimum absolute atomic E-state index is 0.780. The summed E-state index contributed by atoms with van der Waals surface area (Å²) in [6.45, 7) is 23.5. The fraction of sp³-hybridized carbons (Fsp3) is 0.170. The molecule has 0 amide bonds. The molecule has 13 rings (SSSR count). The number of nitrogens with zero attached hydrogens (tertiary/aromatic N) is 6. The van der Waals surface area contributed by atoms with Crippen molar-refractivity contribution in [3.8, 4) is 0 Å². The van der Waals surface area contributed by atoms with Crippen molar-refractivity contribution < 1.29 is 4.58 Å². The molecule has 12 aromatic carbocycles. The van der Waals surface area contributed by atoms with Crippen molar-refractivity contribution in [2.75, 3.05) is 19.6 Å². The quantitative estimate of drug-likeness (QED) is 0.0443. The summed E-state index contributed by atoms with van der Waals surface area (Å²) in [5.74, 6) is 0. The van der Waals surface area contributed by atoms with Gasteiger partial charge in [0.1, 0.15) is 0 Å². The molecule has 1 aliphatic rings. The van der Waals surface area contributed by atoms with E-state index in [9.17, 15) is 0 Å². The van der Waals surface area contributed by atoms with Crippen LogP contribution in [0.5, 0.6) is 0 Å². The molecule has 496 valence electrons. The molecule has 0 radical (unpaired) electrons. The van der Waals surface area contributed by atoms with Gasteiger partial charge in [-0.15, -0.1) is 0 Å². The molecule has 0 fully saturated rings. The van der Waals surface area contributed by atoms with Crippen LogP contribution < -0.4 is 24.2 Å². The predicted octanol–water partition coefficient (Wildman–Crippen LogP) is 22.5. The molecule has 0 aromatic heterocycles. The molecular weight excluding hydrogens is 1210 g/mol. The minimum Gasteiger partial charge on any atom is -0.363 e. The Kier molecular flexibility index (Phi) is 21.2. The minimum atomic E-state index is 0.780. The number of hydrogen-bond donors (Lipinski definition) is 0. The van der Waals surface area contributed by atoms with Crippen LogP contribution in [0.15, 0.2) is 315 Å². The summed E-state index contributed by atoms with van der Waals surface area (Å²) < 4.78 is 4.90. The van der Waals surface area contributed by atoms with Crippen LogP contribution in [-0.2, 0) is 52.4 Å². The van der Waals surface area contributed by atoms with Crippen molar-refractivity contribution in [2.24, 2.45) is 0 Å². The van der Waals surface area contributed by atoms with E-state index in [1.54, 1.807) is 0 Å². The van der Waals surface area contributed by atoms with Crippen LogP contribution >= 0.6 is 0 Å². The van der Waals surface area contributed by atoms with E-state index in [1.165, 1.54) is 89.0 Å². The molecule has 0 unspecified atom stereocenters. The van der Waals surface area contributed by atoms with Crippen LogP contribution in [0.3, 0.4) is 0 Å². The molecule has 0 bridgehead atoms. The van der Waals surface area contributed by atoms with E-state index in [2.05, 4.69) is 400 Å². The molecule has 12 aromatic rings. The zero-order valence-corrected chi connectivity index (χ0v) is 59.4. The van der Waals surface area contributed by atoms with E-state index in [-0.39, 0.29) is 0 Å². The first kappa shape index (κ1) is 67.2. The SMILES string of the molecule is Cc1ccc(CN(Cc2ccc(C)cc2)c2ccc(N(c3ccc(N(Cc4ccc(C)cc4)Cc4ccc(C)cc4)cc3)c3ccc([N+](=C4C=CC(=[N+](Cc5ccc(C)cc5)Cc5ccc(C)cc5)C=C4)c4ccc(N(Cc5ccc(C)cc5)Cc5ccc(C)cc5)cc4)cc3)cc2)cc1. The highest BCUT2D eigenvalue weighted by Crippen LogP contribution is 2.39. The maximum Gasteiger partial charge on any atom is 0.212 e. The third kappa shape index (κ3) is 17.5. The Labute approximate surface area is 594 Å². The molecule has 0 N–H and O–H groups in total. The second kappa shape index (κ2) is 31.5. The van der Waals surface area contributed by atoms with Gasteiger partial charge in [0.25, 0.3) is 0 Å². The van der Waals surface area contributed by atoms with Crippen molar-refractivity contribution in [1.82, 2.24) is 4.58 Å². The Bertz CT molecular complexity index is 4450. The summed E-state index contributed by atoms with van der Waals surface area (Å²) in [5.41, 5.74) is 31.3. The lowest BCUT2D eigenvalue weighted by Gasteiger charge is -2.29. The van der Waals surface area contributed by atoms with Gasteiger partial charge >= 0.3 is 0 Å². The highest BCUT2D eigenvalue weighted by molar-refractivity contribution is 6.18. The number of hydrogen-bond acceptors (Lipinski definition) is 4. The second-order valence-electron chi connectivity index (χ2n) is 27.6. The Morgan fingerprint density at radius 1 is 0.200 bits per heavy atom. The third-order valence-electron chi connectivity index (χ3n) is 19.2. The Morgan fingerprint density at radius 3 is 0.630 bits per heavy atom. The van der Waals surface area contributed by atoms with Gasteiger partial charge in [0.2, 0.25) is 22.8 Å². The molecule has 6 heteroatoms. The molecule has 1 aliphatic carbocycles. The topological polar surface area (TPSA) is 19.0 Å². The average Bonchev–Trinajstić information content (AvgIpc) is 0.788. The maximum atomic E-state index is 2.49. The Balaban J connectivity index is 0.903. The number of rotatable bonds is 24. The summed E-state index contributed by atoms with van der Waals surface area (Å²) in [7, 11) is 0. The zero-order valence-electron chi connectivity index (χ0n) is 59.4. The van der Waals surface area contributed by atoms with Gasteiger partial charge in [0, 0.05) is 133 Å². The van der Waals surface area contributed by atoms with Crippen LogP contribution in [0, 0.1) is 55.4 Å².